The lowest BCUT2D eigenvalue weighted by molar-refractivity contribution is 0.820. The Bertz CT molecular complexity index is 527. The Morgan fingerprint density at radius 2 is 2.06 bits per heavy atom. The summed E-state index contributed by atoms with van der Waals surface area (Å²) in [6.07, 6.45) is 3.64. The number of hydrazine groups is 1. The number of aliphatic imine (C=N–C) groups is 1. The molecule has 0 aliphatic carbocycles. The Morgan fingerprint density at radius 1 is 1.33 bits per heavy atom. The summed E-state index contributed by atoms with van der Waals surface area (Å²) in [6, 6.07) is 10.1. The zero-order chi connectivity index (χ0) is 13.0. The van der Waals surface area contributed by atoms with Crippen molar-refractivity contribution in [3.8, 4) is 5.69 Å². The summed E-state index contributed by atoms with van der Waals surface area (Å²) < 4.78 is 1.79. The van der Waals surface area contributed by atoms with Gasteiger partial charge in [-0.15, -0.1) is 0 Å². The highest BCUT2D eigenvalue weighted by molar-refractivity contribution is 5.98. The smallest absolute Gasteiger partial charge is 0.145 e. The van der Waals surface area contributed by atoms with Crippen molar-refractivity contribution in [3.63, 3.8) is 0 Å². The van der Waals surface area contributed by atoms with Crippen molar-refractivity contribution in [3.05, 3.63) is 48.3 Å². The molecule has 94 valence electrons. The van der Waals surface area contributed by atoms with Gasteiger partial charge in [-0.2, -0.15) is 5.10 Å². The minimum atomic E-state index is 0.177. The number of hydrogen-bond acceptors (Lipinski definition) is 3. The fourth-order valence-electron chi connectivity index (χ4n) is 1.62. The average Bonchev–Trinajstić information content (AvgIpc) is 2.86. The van der Waals surface area contributed by atoms with E-state index in [2.05, 4.69) is 15.5 Å². The second-order valence-electron chi connectivity index (χ2n) is 4.22. The Hall–Kier alpha value is -2.14. The van der Waals surface area contributed by atoms with Crippen molar-refractivity contribution < 1.29 is 0 Å². The molecule has 0 unspecified atom stereocenters. The van der Waals surface area contributed by atoms with E-state index in [0.717, 1.165) is 11.3 Å². The van der Waals surface area contributed by atoms with Crippen LogP contribution in [0.25, 0.3) is 5.69 Å². The SMILES string of the molecule is CC(C)N=C(NN)c1cnn(-c2ccccc2)c1. The molecule has 0 saturated carbocycles. The van der Waals surface area contributed by atoms with E-state index in [0.29, 0.717) is 5.84 Å². The Balaban J connectivity index is 2.30. The first-order chi connectivity index (χ1) is 8.70. The number of amidine groups is 1. The second kappa shape index (κ2) is 5.46. The van der Waals surface area contributed by atoms with E-state index in [-0.39, 0.29) is 6.04 Å². The van der Waals surface area contributed by atoms with Crippen molar-refractivity contribution >= 4 is 5.84 Å². The standard InChI is InChI=1S/C13H17N5/c1-10(2)16-13(17-14)11-8-15-18(9-11)12-6-4-3-5-7-12/h3-10H,14H2,1-2H3,(H,16,17). The van der Waals surface area contributed by atoms with Crippen LogP contribution in [0.1, 0.15) is 19.4 Å². The number of rotatable bonds is 3. The summed E-state index contributed by atoms with van der Waals surface area (Å²) in [5.74, 6) is 6.13. The van der Waals surface area contributed by atoms with Gasteiger partial charge >= 0.3 is 0 Å². The number of nitrogens with one attached hydrogen (secondary N) is 1. The van der Waals surface area contributed by atoms with E-state index in [4.69, 9.17) is 5.84 Å². The van der Waals surface area contributed by atoms with Crippen LogP contribution in [0.4, 0.5) is 0 Å². The summed E-state index contributed by atoms with van der Waals surface area (Å²) in [5, 5.41) is 4.30. The monoisotopic (exact) mass is 243 g/mol. The van der Waals surface area contributed by atoms with Crippen LogP contribution in [0.5, 0.6) is 0 Å². The van der Waals surface area contributed by atoms with E-state index >= 15 is 0 Å². The zero-order valence-corrected chi connectivity index (χ0v) is 10.5. The average molecular weight is 243 g/mol. The van der Waals surface area contributed by atoms with Crippen molar-refractivity contribution in [2.75, 3.05) is 0 Å². The minimum absolute atomic E-state index is 0.177. The third kappa shape index (κ3) is 2.75. The molecule has 0 spiro atoms. The minimum Gasteiger partial charge on any atom is -0.308 e. The largest absolute Gasteiger partial charge is 0.308 e. The molecule has 1 heterocycles. The summed E-state index contributed by atoms with van der Waals surface area (Å²) in [6.45, 7) is 4.00. The Kier molecular flexibility index (Phi) is 3.74. The predicted molar refractivity (Wildman–Crippen MR) is 72.6 cm³/mol. The molecular formula is C13H17N5. The fourth-order valence-corrected chi connectivity index (χ4v) is 1.62. The van der Waals surface area contributed by atoms with Crippen LogP contribution in [0.2, 0.25) is 0 Å². The highest BCUT2D eigenvalue weighted by Gasteiger charge is 2.06. The van der Waals surface area contributed by atoms with E-state index < -0.39 is 0 Å². The maximum Gasteiger partial charge on any atom is 0.145 e. The third-order valence-corrected chi connectivity index (χ3v) is 2.40. The van der Waals surface area contributed by atoms with Crippen molar-refractivity contribution in [2.24, 2.45) is 10.8 Å². The van der Waals surface area contributed by atoms with Gasteiger partial charge in [0.1, 0.15) is 5.84 Å². The Morgan fingerprint density at radius 3 is 2.67 bits per heavy atom. The van der Waals surface area contributed by atoms with Crippen LogP contribution in [0.3, 0.4) is 0 Å². The highest BCUT2D eigenvalue weighted by Crippen LogP contribution is 2.08. The van der Waals surface area contributed by atoms with Crippen LogP contribution < -0.4 is 11.3 Å². The normalized spacial score (nSPS) is 11.9. The molecule has 0 radical (unpaired) electrons. The van der Waals surface area contributed by atoms with Crippen molar-refractivity contribution in [1.82, 2.24) is 15.2 Å². The van der Waals surface area contributed by atoms with Crippen LogP contribution >= 0.6 is 0 Å². The molecule has 1 aromatic heterocycles. The van der Waals surface area contributed by atoms with Crippen LogP contribution in [0.15, 0.2) is 47.7 Å². The van der Waals surface area contributed by atoms with Gasteiger partial charge in [0, 0.05) is 12.2 Å². The lowest BCUT2D eigenvalue weighted by Crippen LogP contribution is -2.31. The summed E-state index contributed by atoms with van der Waals surface area (Å²) in [7, 11) is 0. The summed E-state index contributed by atoms with van der Waals surface area (Å²) in [4.78, 5) is 4.40. The van der Waals surface area contributed by atoms with Gasteiger partial charge in [-0.05, 0) is 26.0 Å². The van der Waals surface area contributed by atoms with Gasteiger partial charge in [0.05, 0.1) is 17.4 Å². The van der Waals surface area contributed by atoms with Crippen LogP contribution in [-0.4, -0.2) is 21.7 Å². The maximum absolute atomic E-state index is 5.48. The molecule has 0 atom stereocenters. The van der Waals surface area contributed by atoms with Crippen molar-refractivity contribution in [2.45, 2.75) is 19.9 Å². The van der Waals surface area contributed by atoms with Crippen LogP contribution in [0, 0.1) is 0 Å². The molecule has 5 heteroatoms. The third-order valence-electron chi connectivity index (χ3n) is 2.40. The molecule has 5 nitrogen and oxygen atoms in total. The molecule has 1 aromatic carbocycles. The molecule has 2 rings (SSSR count). The molecule has 3 N–H and O–H groups in total. The predicted octanol–water partition coefficient (Wildman–Crippen LogP) is 1.49. The molecule has 0 fully saturated rings. The first-order valence-electron chi connectivity index (χ1n) is 5.85. The summed E-state index contributed by atoms with van der Waals surface area (Å²) >= 11 is 0. The molecule has 18 heavy (non-hydrogen) atoms. The molecular weight excluding hydrogens is 226 g/mol. The van der Waals surface area contributed by atoms with Gasteiger partial charge in [0.2, 0.25) is 0 Å². The molecule has 2 aromatic rings. The quantitative estimate of drug-likeness (QED) is 0.371. The number of aromatic nitrogens is 2. The number of benzene rings is 1. The summed E-state index contributed by atoms with van der Waals surface area (Å²) in [5.41, 5.74) is 4.49. The molecule has 0 saturated heterocycles. The first kappa shape index (κ1) is 12.3. The van der Waals surface area contributed by atoms with Gasteiger partial charge in [0.15, 0.2) is 0 Å². The number of hydrogen-bond donors (Lipinski definition) is 2. The van der Waals surface area contributed by atoms with Gasteiger partial charge in [-0.1, -0.05) is 18.2 Å². The lowest BCUT2D eigenvalue weighted by Gasteiger charge is -2.04. The van der Waals surface area contributed by atoms with E-state index in [1.165, 1.54) is 0 Å². The highest BCUT2D eigenvalue weighted by atomic mass is 15.3. The zero-order valence-electron chi connectivity index (χ0n) is 10.5. The molecule has 0 bridgehead atoms. The van der Waals surface area contributed by atoms with Crippen LogP contribution in [-0.2, 0) is 0 Å². The molecule has 0 aliphatic rings. The van der Waals surface area contributed by atoms with Gasteiger partial charge in [0.25, 0.3) is 0 Å². The van der Waals surface area contributed by atoms with Gasteiger partial charge in [-0.25, -0.2) is 10.5 Å². The number of para-hydroxylation sites is 1. The molecule has 0 amide bonds. The first-order valence-corrected chi connectivity index (χ1v) is 5.85. The number of nitrogens with zero attached hydrogens (tertiary/aromatic N) is 3. The fraction of sp³-hybridized carbons (Fsp3) is 0.231. The topological polar surface area (TPSA) is 68.2 Å². The molecule has 0 aliphatic heterocycles. The maximum atomic E-state index is 5.48. The Labute approximate surface area is 106 Å². The second-order valence-corrected chi connectivity index (χ2v) is 4.22. The van der Waals surface area contributed by atoms with Crippen molar-refractivity contribution in [1.29, 1.82) is 0 Å². The van der Waals surface area contributed by atoms with Gasteiger partial charge < -0.3 is 5.43 Å². The lowest BCUT2D eigenvalue weighted by atomic mass is 10.3. The van der Waals surface area contributed by atoms with E-state index in [1.807, 2.05) is 50.4 Å². The van der Waals surface area contributed by atoms with Gasteiger partial charge in [-0.3, -0.25) is 4.99 Å². The van der Waals surface area contributed by atoms with E-state index in [9.17, 15) is 0 Å². The van der Waals surface area contributed by atoms with E-state index in [1.54, 1.807) is 10.9 Å². The number of nitrogens with two attached hydrogens (primary N) is 1.